The number of nitrogen functional groups attached to an aromatic ring is 1. The summed E-state index contributed by atoms with van der Waals surface area (Å²) in [6.07, 6.45) is 5.11. The fourth-order valence-corrected chi connectivity index (χ4v) is 2.72. The van der Waals surface area contributed by atoms with Crippen LogP contribution in [0.2, 0.25) is 0 Å². The monoisotopic (exact) mass is 248 g/mol. The molecule has 0 bridgehead atoms. The summed E-state index contributed by atoms with van der Waals surface area (Å²) < 4.78 is 5.78. The van der Waals surface area contributed by atoms with Gasteiger partial charge in [0, 0.05) is 6.04 Å². The van der Waals surface area contributed by atoms with Crippen molar-refractivity contribution in [1.82, 2.24) is 4.90 Å². The van der Waals surface area contributed by atoms with Crippen molar-refractivity contribution in [2.45, 2.75) is 38.6 Å². The smallest absolute Gasteiger partial charge is 0.142 e. The zero-order chi connectivity index (χ0) is 12.8. The third kappa shape index (κ3) is 3.39. The Morgan fingerprint density at radius 1 is 1.33 bits per heavy atom. The van der Waals surface area contributed by atoms with Gasteiger partial charge >= 0.3 is 0 Å². The van der Waals surface area contributed by atoms with Crippen molar-refractivity contribution in [3.63, 3.8) is 0 Å². The van der Waals surface area contributed by atoms with Gasteiger partial charge in [0.15, 0.2) is 0 Å². The van der Waals surface area contributed by atoms with Gasteiger partial charge in [-0.1, -0.05) is 25.5 Å². The number of benzene rings is 1. The third-order valence-electron chi connectivity index (χ3n) is 3.78. The van der Waals surface area contributed by atoms with Crippen LogP contribution in [0, 0.1) is 0 Å². The van der Waals surface area contributed by atoms with Crippen molar-refractivity contribution in [3.8, 4) is 5.75 Å². The normalized spacial score (nSPS) is 20.8. The van der Waals surface area contributed by atoms with E-state index in [0.717, 1.165) is 31.0 Å². The lowest BCUT2D eigenvalue weighted by molar-refractivity contribution is 0.130. The molecule has 0 radical (unpaired) electrons. The highest BCUT2D eigenvalue weighted by atomic mass is 16.5. The molecule has 0 unspecified atom stereocenters. The van der Waals surface area contributed by atoms with E-state index in [1.807, 2.05) is 24.3 Å². The van der Waals surface area contributed by atoms with Crippen molar-refractivity contribution >= 4 is 5.69 Å². The van der Waals surface area contributed by atoms with Crippen LogP contribution in [-0.4, -0.2) is 30.6 Å². The molecule has 0 amide bonds. The minimum Gasteiger partial charge on any atom is -0.491 e. The molecular formula is C15H24N2O. The van der Waals surface area contributed by atoms with Crippen molar-refractivity contribution in [2.24, 2.45) is 0 Å². The zero-order valence-electron chi connectivity index (χ0n) is 11.3. The molecule has 1 saturated heterocycles. The Bertz CT molecular complexity index is 367. The minimum absolute atomic E-state index is 0.689. The molecule has 0 aliphatic carbocycles. The molecule has 1 fully saturated rings. The van der Waals surface area contributed by atoms with Gasteiger partial charge in [-0.15, -0.1) is 0 Å². The Kier molecular flexibility index (Phi) is 4.88. The van der Waals surface area contributed by atoms with Crippen molar-refractivity contribution in [2.75, 3.05) is 25.4 Å². The number of rotatable bonds is 5. The Morgan fingerprint density at radius 2 is 2.17 bits per heavy atom. The predicted molar refractivity (Wildman–Crippen MR) is 75.9 cm³/mol. The van der Waals surface area contributed by atoms with Crippen LogP contribution in [0.25, 0.3) is 0 Å². The summed E-state index contributed by atoms with van der Waals surface area (Å²) in [7, 11) is 0. The van der Waals surface area contributed by atoms with Gasteiger partial charge in [-0.2, -0.15) is 0 Å². The van der Waals surface area contributed by atoms with Crippen LogP contribution in [0.3, 0.4) is 0 Å². The first kappa shape index (κ1) is 13.2. The van der Waals surface area contributed by atoms with E-state index >= 15 is 0 Å². The number of nitrogens with two attached hydrogens (primary N) is 1. The van der Waals surface area contributed by atoms with Gasteiger partial charge in [0.1, 0.15) is 5.75 Å². The van der Waals surface area contributed by atoms with Crippen LogP contribution in [-0.2, 0) is 0 Å². The number of ether oxygens (including phenoxy) is 1. The highest BCUT2D eigenvalue weighted by Gasteiger charge is 2.20. The minimum atomic E-state index is 0.689. The molecule has 0 spiro atoms. The Hall–Kier alpha value is -1.22. The van der Waals surface area contributed by atoms with Crippen LogP contribution in [0.15, 0.2) is 24.3 Å². The number of hydrogen-bond donors (Lipinski definition) is 1. The number of piperidine rings is 1. The molecule has 2 rings (SSSR count). The van der Waals surface area contributed by atoms with Gasteiger partial charge in [-0.05, 0) is 44.5 Å². The molecule has 18 heavy (non-hydrogen) atoms. The first-order valence-electron chi connectivity index (χ1n) is 7.02. The second-order valence-electron chi connectivity index (χ2n) is 4.95. The van der Waals surface area contributed by atoms with Gasteiger partial charge < -0.3 is 15.4 Å². The van der Waals surface area contributed by atoms with Gasteiger partial charge in [0.25, 0.3) is 0 Å². The van der Waals surface area contributed by atoms with Crippen LogP contribution >= 0.6 is 0 Å². The lowest BCUT2D eigenvalue weighted by atomic mass is 10.00. The quantitative estimate of drug-likeness (QED) is 0.814. The molecule has 1 atom stereocenters. The summed E-state index contributed by atoms with van der Waals surface area (Å²) >= 11 is 0. The first-order chi connectivity index (χ1) is 8.81. The highest BCUT2D eigenvalue weighted by molar-refractivity contribution is 5.51. The summed E-state index contributed by atoms with van der Waals surface area (Å²) in [5, 5.41) is 0. The fraction of sp³-hybridized carbons (Fsp3) is 0.600. The van der Waals surface area contributed by atoms with E-state index in [-0.39, 0.29) is 0 Å². The molecule has 1 aliphatic rings. The largest absolute Gasteiger partial charge is 0.491 e. The van der Waals surface area contributed by atoms with Crippen LogP contribution in [0.1, 0.15) is 32.6 Å². The maximum Gasteiger partial charge on any atom is 0.142 e. The van der Waals surface area contributed by atoms with E-state index in [1.54, 1.807) is 0 Å². The maximum atomic E-state index is 5.86. The number of likely N-dealkylation sites (tertiary alicyclic amines) is 1. The molecular weight excluding hydrogens is 224 g/mol. The predicted octanol–water partition coefficient (Wildman–Crippen LogP) is 2.91. The molecule has 1 aromatic carbocycles. The Labute approximate surface area is 110 Å². The average Bonchev–Trinajstić information content (AvgIpc) is 2.41. The molecule has 1 heterocycles. The van der Waals surface area contributed by atoms with E-state index in [9.17, 15) is 0 Å². The molecule has 0 aromatic heterocycles. The van der Waals surface area contributed by atoms with Crippen LogP contribution < -0.4 is 10.5 Å². The number of para-hydroxylation sites is 2. The van der Waals surface area contributed by atoms with E-state index < -0.39 is 0 Å². The van der Waals surface area contributed by atoms with Crippen molar-refractivity contribution in [3.05, 3.63) is 24.3 Å². The number of hydrogen-bond acceptors (Lipinski definition) is 3. The average molecular weight is 248 g/mol. The van der Waals surface area contributed by atoms with Gasteiger partial charge in [0.05, 0.1) is 12.3 Å². The maximum absolute atomic E-state index is 5.86. The van der Waals surface area contributed by atoms with Gasteiger partial charge in [-0.25, -0.2) is 0 Å². The highest BCUT2D eigenvalue weighted by Crippen LogP contribution is 2.22. The number of nitrogens with zero attached hydrogens (tertiary/aromatic N) is 1. The van der Waals surface area contributed by atoms with Gasteiger partial charge in [0.2, 0.25) is 0 Å². The molecule has 0 saturated carbocycles. The van der Waals surface area contributed by atoms with E-state index in [4.69, 9.17) is 10.5 Å². The van der Waals surface area contributed by atoms with Crippen LogP contribution in [0.4, 0.5) is 5.69 Å². The molecule has 2 N–H and O–H groups in total. The molecule has 1 aromatic rings. The fourth-order valence-electron chi connectivity index (χ4n) is 2.72. The van der Waals surface area contributed by atoms with E-state index in [0.29, 0.717) is 6.04 Å². The Morgan fingerprint density at radius 3 is 2.94 bits per heavy atom. The van der Waals surface area contributed by atoms with E-state index in [1.165, 1.54) is 25.8 Å². The topological polar surface area (TPSA) is 38.5 Å². The van der Waals surface area contributed by atoms with Crippen molar-refractivity contribution in [1.29, 1.82) is 0 Å². The van der Waals surface area contributed by atoms with Gasteiger partial charge in [-0.3, -0.25) is 0 Å². The second kappa shape index (κ2) is 6.64. The number of anilines is 1. The zero-order valence-corrected chi connectivity index (χ0v) is 11.3. The molecule has 3 heteroatoms. The molecule has 100 valence electrons. The summed E-state index contributed by atoms with van der Waals surface area (Å²) in [5.74, 6) is 0.816. The third-order valence-corrected chi connectivity index (χ3v) is 3.78. The SMILES string of the molecule is CCN1CCCC[C@@H]1CCOc1ccccc1N. The van der Waals surface area contributed by atoms with E-state index in [2.05, 4.69) is 11.8 Å². The second-order valence-corrected chi connectivity index (χ2v) is 4.95. The molecule has 3 nitrogen and oxygen atoms in total. The lowest BCUT2D eigenvalue weighted by Gasteiger charge is -2.34. The van der Waals surface area contributed by atoms with Crippen molar-refractivity contribution < 1.29 is 4.74 Å². The summed E-state index contributed by atoms with van der Waals surface area (Å²) in [5.41, 5.74) is 6.59. The Balaban J connectivity index is 1.79. The summed E-state index contributed by atoms with van der Waals surface area (Å²) in [6, 6.07) is 8.41. The summed E-state index contributed by atoms with van der Waals surface area (Å²) in [4.78, 5) is 2.57. The van der Waals surface area contributed by atoms with Crippen LogP contribution in [0.5, 0.6) is 5.75 Å². The lowest BCUT2D eigenvalue weighted by Crippen LogP contribution is -2.40. The first-order valence-corrected chi connectivity index (χ1v) is 7.02. The standard InChI is InChI=1S/C15H24N2O/c1-2-17-11-6-5-7-13(17)10-12-18-15-9-4-3-8-14(15)16/h3-4,8-9,13H,2,5-7,10-12,16H2,1H3/t13-/m1/s1. The molecule has 1 aliphatic heterocycles. The summed E-state index contributed by atoms with van der Waals surface area (Å²) in [6.45, 7) is 5.40.